The molecule has 0 fully saturated rings. The van der Waals surface area contributed by atoms with Gasteiger partial charge in [-0.3, -0.25) is 0 Å². The summed E-state index contributed by atoms with van der Waals surface area (Å²) in [6, 6.07) is 59.2. The molecule has 0 bridgehead atoms. The van der Waals surface area contributed by atoms with E-state index in [-0.39, 0.29) is 0 Å². The molecule has 0 atom stereocenters. The Morgan fingerprint density at radius 1 is 0.305 bits per heavy atom. The van der Waals surface area contributed by atoms with Gasteiger partial charge in [-0.05, 0) is 182 Å². The van der Waals surface area contributed by atoms with Crippen molar-refractivity contribution in [2.45, 2.75) is 34.6 Å². The van der Waals surface area contributed by atoms with Crippen LogP contribution in [0, 0.1) is 34.6 Å². The van der Waals surface area contributed by atoms with Crippen LogP contribution in [0.4, 0.5) is 34.1 Å². The van der Waals surface area contributed by atoms with Gasteiger partial charge >= 0.3 is 0 Å². The molecular formula is C55H42N2O2. The first-order valence-corrected chi connectivity index (χ1v) is 20.3. The number of hydrogen-bond acceptors (Lipinski definition) is 4. The number of hydrogen-bond donors (Lipinski definition) is 0. The number of nitrogens with zero attached hydrogens (tertiary/aromatic N) is 2. The van der Waals surface area contributed by atoms with Crippen LogP contribution in [-0.2, 0) is 0 Å². The molecule has 0 amide bonds. The van der Waals surface area contributed by atoms with E-state index in [4.69, 9.17) is 8.83 Å². The van der Waals surface area contributed by atoms with Crippen molar-refractivity contribution < 1.29 is 8.83 Å². The van der Waals surface area contributed by atoms with E-state index in [0.29, 0.717) is 0 Å². The monoisotopic (exact) mass is 762 g/mol. The lowest BCUT2D eigenvalue weighted by Crippen LogP contribution is -2.10. The topological polar surface area (TPSA) is 32.8 Å². The van der Waals surface area contributed by atoms with Crippen molar-refractivity contribution in [2.75, 3.05) is 9.80 Å². The maximum Gasteiger partial charge on any atom is 0.142 e. The number of fused-ring (bicyclic) bond motifs is 8. The van der Waals surface area contributed by atoms with Crippen LogP contribution < -0.4 is 9.80 Å². The van der Waals surface area contributed by atoms with Crippen molar-refractivity contribution in [1.82, 2.24) is 0 Å². The molecule has 0 aliphatic rings. The zero-order valence-electron chi connectivity index (χ0n) is 33.8. The predicted molar refractivity (Wildman–Crippen MR) is 249 cm³/mol. The molecule has 11 rings (SSSR count). The smallest absolute Gasteiger partial charge is 0.142 e. The van der Waals surface area contributed by atoms with E-state index in [1.807, 2.05) is 0 Å². The van der Waals surface area contributed by atoms with Gasteiger partial charge in [-0.1, -0.05) is 60.7 Å². The summed E-state index contributed by atoms with van der Waals surface area (Å²) in [7, 11) is 0. The lowest BCUT2D eigenvalue weighted by Gasteiger charge is -2.26. The molecule has 0 radical (unpaired) electrons. The number of anilines is 6. The van der Waals surface area contributed by atoms with Crippen molar-refractivity contribution in [3.8, 4) is 0 Å². The third-order valence-corrected chi connectivity index (χ3v) is 12.4. The van der Waals surface area contributed by atoms with Gasteiger partial charge < -0.3 is 18.6 Å². The van der Waals surface area contributed by atoms with Crippen molar-refractivity contribution in [1.29, 1.82) is 0 Å². The molecular weight excluding hydrogens is 721 g/mol. The molecule has 59 heavy (non-hydrogen) atoms. The fraction of sp³-hybridized carbons (Fsp3) is 0.0909. The maximum atomic E-state index is 6.73. The molecule has 4 heteroatoms. The number of para-hydroxylation sites is 2. The van der Waals surface area contributed by atoms with Crippen molar-refractivity contribution >= 4 is 99.5 Å². The van der Waals surface area contributed by atoms with Crippen molar-refractivity contribution in [3.63, 3.8) is 0 Å². The second-order valence-electron chi connectivity index (χ2n) is 16.1. The zero-order valence-corrected chi connectivity index (χ0v) is 33.8. The Kier molecular flexibility index (Phi) is 7.92. The summed E-state index contributed by atoms with van der Waals surface area (Å²) in [6.45, 7) is 10.8. The van der Waals surface area contributed by atoms with Gasteiger partial charge in [0.15, 0.2) is 0 Å². The summed E-state index contributed by atoms with van der Waals surface area (Å²) < 4.78 is 13.5. The second-order valence-corrected chi connectivity index (χ2v) is 16.1. The summed E-state index contributed by atoms with van der Waals surface area (Å²) in [5.41, 5.74) is 16.3. The number of aryl methyl sites for hydroxylation is 5. The Bertz CT molecular complexity index is 3220. The van der Waals surface area contributed by atoms with Gasteiger partial charge in [0.1, 0.15) is 22.3 Å². The zero-order chi connectivity index (χ0) is 39.9. The highest BCUT2D eigenvalue weighted by Crippen LogP contribution is 2.44. The first kappa shape index (κ1) is 34.9. The molecule has 0 aliphatic heterocycles. The minimum Gasteiger partial charge on any atom is -0.456 e. The van der Waals surface area contributed by atoms with Crippen LogP contribution in [0.15, 0.2) is 173 Å². The van der Waals surface area contributed by atoms with Crippen LogP contribution in [0.5, 0.6) is 0 Å². The van der Waals surface area contributed by atoms with Crippen molar-refractivity contribution in [3.05, 3.63) is 192 Å². The van der Waals surface area contributed by atoms with Crippen LogP contribution in [0.25, 0.3) is 65.4 Å². The third-order valence-electron chi connectivity index (χ3n) is 12.4. The van der Waals surface area contributed by atoms with Gasteiger partial charge in [-0.15, -0.1) is 0 Å². The maximum absolute atomic E-state index is 6.73. The Balaban J connectivity index is 1.02. The van der Waals surface area contributed by atoms with Crippen LogP contribution in [0.1, 0.15) is 27.8 Å². The molecule has 0 saturated heterocycles. The lowest BCUT2D eigenvalue weighted by molar-refractivity contribution is 0.651. The molecule has 2 heterocycles. The van der Waals surface area contributed by atoms with Gasteiger partial charge in [-0.25, -0.2) is 0 Å². The van der Waals surface area contributed by atoms with Crippen LogP contribution >= 0.6 is 0 Å². The van der Waals surface area contributed by atoms with E-state index in [2.05, 4.69) is 208 Å². The number of benzene rings is 9. The molecule has 0 unspecified atom stereocenters. The Morgan fingerprint density at radius 2 is 0.712 bits per heavy atom. The van der Waals surface area contributed by atoms with Gasteiger partial charge in [0.05, 0.1) is 0 Å². The Morgan fingerprint density at radius 3 is 1.14 bits per heavy atom. The molecule has 2 aromatic heterocycles. The second kappa shape index (κ2) is 13.4. The largest absolute Gasteiger partial charge is 0.456 e. The lowest BCUT2D eigenvalue weighted by atomic mass is 10.0. The van der Waals surface area contributed by atoms with E-state index in [1.54, 1.807) is 0 Å². The predicted octanol–water partition coefficient (Wildman–Crippen LogP) is 16.3. The SMILES string of the molecule is Cc1ccc(N(c2ccccc2)c2ccc3cc4c(cc3c2)oc2c(C)c3oc5cc6cc(N(c7ccccc7)c7ccc(C)c(C)c7)ccc6cc5c3cc24)cc1C. The minimum absolute atomic E-state index is 0.863. The van der Waals surface area contributed by atoms with Gasteiger partial charge in [0.2, 0.25) is 0 Å². The van der Waals surface area contributed by atoms with Crippen LogP contribution in [0.3, 0.4) is 0 Å². The highest BCUT2D eigenvalue weighted by Gasteiger charge is 2.21. The molecule has 0 aliphatic carbocycles. The minimum atomic E-state index is 0.863. The van der Waals surface area contributed by atoms with E-state index in [1.165, 1.54) is 33.0 Å². The molecule has 0 saturated carbocycles. The molecule has 0 N–H and O–H groups in total. The third kappa shape index (κ3) is 5.74. The number of furan rings is 2. The normalized spacial score (nSPS) is 11.8. The summed E-state index contributed by atoms with van der Waals surface area (Å²) in [6.07, 6.45) is 0. The van der Waals surface area contributed by atoms with E-state index in [0.717, 1.165) is 94.3 Å². The van der Waals surface area contributed by atoms with E-state index in [9.17, 15) is 0 Å². The fourth-order valence-electron chi connectivity index (χ4n) is 8.84. The van der Waals surface area contributed by atoms with Gasteiger partial charge in [0.25, 0.3) is 0 Å². The molecule has 284 valence electrons. The number of rotatable bonds is 6. The first-order chi connectivity index (χ1) is 28.8. The highest BCUT2D eigenvalue weighted by molar-refractivity contribution is 6.20. The fourth-order valence-corrected chi connectivity index (χ4v) is 8.84. The molecule has 11 aromatic rings. The Hall–Kier alpha value is -7.30. The molecule has 9 aromatic carbocycles. The average Bonchev–Trinajstić information content (AvgIpc) is 3.80. The standard InChI is InChI=1S/C55H42N2O2/c1-33-16-20-44(24-35(33)3)56(42-12-8-6-9-13-42)46-22-18-38-28-48-50-32-51-49-29-39-19-23-47(57(43-14-10-7-11-15-43)45-21-17-34(2)36(4)25-45)27-41(39)31-53(49)59-55(51)37(5)54(50)58-52(48)30-40(38)26-46/h6-32H,1-5H3. The van der Waals surface area contributed by atoms with Crippen LogP contribution in [-0.4, -0.2) is 0 Å². The molecule has 0 spiro atoms. The van der Waals surface area contributed by atoms with Crippen molar-refractivity contribution in [2.24, 2.45) is 0 Å². The van der Waals surface area contributed by atoms with Gasteiger partial charge in [-0.2, -0.15) is 0 Å². The first-order valence-electron chi connectivity index (χ1n) is 20.3. The van der Waals surface area contributed by atoms with Gasteiger partial charge in [0, 0.05) is 61.2 Å². The van der Waals surface area contributed by atoms with E-state index >= 15 is 0 Å². The summed E-state index contributed by atoms with van der Waals surface area (Å²) in [5.74, 6) is 0. The summed E-state index contributed by atoms with van der Waals surface area (Å²) in [4.78, 5) is 4.65. The summed E-state index contributed by atoms with van der Waals surface area (Å²) in [5, 5.41) is 8.99. The Labute approximate surface area is 343 Å². The van der Waals surface area contributed by atoms with E-state index < -0.39 is 0 Å². The summed E-state index contributed by atoms with van der Waals surface area (Å²) >= 11 is 0. The highest BCUT2D eigenvalue weighted by atomic mass is 16.3. The average molecular weight is 763 g/mol. The molecule has 4 nitrogen and oxygen atoms in total. The van der Waals surface area contributed by atoms with Crippen LogP contribution in [0.2, 0.25) is 0 Å². The quantitative estimate of drug-likeness (QED) is 0.169.